The second kappa shape index (κ2) is 27.1. The molecule has 0 radical (unpaired) electrons. The molecule has 0 spiro atoms. The third-order valence-electron chi connectivity index (χ3n) is 5.65. The molecule has 0 rings (SSSR count). The van der Waals surface area contributed by atoms with Crippen LogP contribution in [0.4, 0.5) is 0 Å². The van der Waals surface area contributed by atoms with Crippen LogP contribution in [0.1, 0.15) is 148 Å². The van der Waals surface area contributed by atoms with Gasteiger partial charge in [0.2, 0.25) is 0 Å². The molecule has 2 N–H and O–H groups in total. The van der Waals surface area contributed by atoms with Crippen molar-refractivity contribution >= 4 is 0 Å². The lowest BCUT2D eigenvalue weighted by molar-refractivity contribution is 0.540. The van der Waals surface area contributed by atoms with Crippen molar-refractivity contribution < 1.29 is 0 Å². The maximum atomic E-state index is 5.50. The molecule has 0 aliphatic carbocycles. The molecule has 0 aliphatic heterocycles. The fraction of sp³-hybridized carbons (Fsp3) is 0.857. The van der Waals surface area contributed by atoms with Gasteiger partial charge in [-0.3, -0.25) is 0 Å². The first-order valence-corrected chi connectivity index (χ1v) is 13.1. The van der Waals surface area contributed by atoms with Gasteiger partial charge in [0.25, 0.3) is 0 Å². The van der Waals surface area contributed by atoms with Crippen molar-refractivity contribution in [2.75, 3.05) is 6.54 Å². The van der Waals surface area contributed by atoms with Gasteiger partial charge in [-0.1, -0.05) is 128 Å². The Morgan fingerprint density at radius 1 is 0.414 bits per heavy atom. The van der Waals surface area contributed by atoms with Gasteiger partial charge >= 0.3 is 0 Å². The van der Waals surface area contributed by atoms with Crippen LogP contribution in [-0.2, 0) is 0 Å². The van der Waals surface area contributed by atoms with E-state index in [1.165, 1.54) is 128 Å². The maximum Gasteiger partial charge on any atom is 0.00989 e. The van der Waals surface area contributed by atoms with Crippen molar-refractivity contribution in [3.8, 4) is 23.7 Å². The summed E-state index contributed by atoms with van der Waals surface area (Å²) in [4.78, 5) is 0. The highest BCUT2D eigenvalue weighted by atomic mass is 14.5. The molecular weight excluding hydrogens is 350 g/mol. The third-order valence-corrected chi connectivity index (χ3v) is 5.65. The monoisotopic (exact) mass is 401 g/mol. The lowest BCUT2D eigenvalue weighted by Gasteiger charge is -2.02. The summed E-state index contributed by atoms with van der Waals surface area (Å²) in [5.41, 5.74) is 5.50. The van der Waals surface area contributed by atoms with Crippen molar-refractivity contribution in [2.45, 2.75) is 148 Å². The number of nitrogens with two attached hydrogens (primary N) is 1. The minimum Gasteiger partial charge on any atom is -0.330 e. The fourth-order valence-corrected chi connectivity index (χ4v) is 3.69. The fourth-order valence-electron chi connectivity index (χ4n) is 3.69. The van der Waals surface area contributed by atoms with Gasteiger partial charge in [0.15, 0.2) is 0 Å². The molecule has 0 saturated heterocycles. The molecule has 0 heterocycles. The molecule has 29 heavy (non-hydrogen) atoms. The molecule has 168 valence electrons. The highest BCUT2D eigenvalue weighted by Crippen LogP contribution is 2.12. The zero-order chi connectivity index (χ0) is 21.1. The molecule has 0 atom stereocenters. The minimum absolute atomic E-state index is 0.843. The molecule has 0 bridgehead atoms. The van der Waals surface area contributed by atoms with Crippen LogP contribution in [-0.4, -0.2) is 6.54 Å². The average molecular weight is 402 g/mol. The maximum absolute atomic E-state index is 5.50. The van der Waals surface area contributed by atoms with Gasteiger partial charge in [0, 0.05) is 12.8 Å². The highest BCUT2D eigenvalue weighted by Gasteiger charge is 1.93. The van der Waals surface area contributed by atoms with Crippen LogP contribution in [0.2, 0.25) is 0 Å². The molecule has 0 aromatic rings. The van der Waals surface area contributed by atoms with E-state index in [0.717, 1.165) is 19.4 Å². The van der Waals surface area contributed by atoms with E-state index in [-0.39, 0.29) is 0 Å². The van der Waals surface area contributed by atoms with Gasteiger partial charge in [-0.25, -0.2) is 0 Å². The summed E-state index contributed by atoms with van der Waals surface area (Å²) < 4.78 is 0. The van der Waals surface area contributed by atoms with Crippen LogP contribution in [0.3, 0.4) is 0 Å². The number of hydrogen-bond donors (Lipinski definition) is 1. The standard InChI is InChI=1S/C28H51N/c1-2-3-4-5-6-7-8-9-10-11-12-13-14-15-16-17-18-19-20-21-22-23-24-25-26-27-28-29/h2-15,20-29H2,1H3. The first-order chi connectivity index (χ1) is 14.4. The van der Waals surface area contributed by atoms with E-state index in [1.807, 2.05) is 0 Å². The Bertz CT molecular complexity index is 417. The Kier molecular flexibility index (Phi) is 26.2. The van der Waals surface area contributed by atoms with Gasteiger partial charge in [-0.2, -0.15) is 0 Å². The van der Waals surface area contributed by atoms with Crippen molar-refractivity contribution in [1.82, 2.24) is 0 Å². The van der Waals surface area contributed by atoms with Gasteiger partial charge in [0.05, 0.1) is 0 Å². The number of rotatable bonds is 21. The second-order valence-electron chi connectivity index (χ2n) is 8.61. The molecule has 0 aromatic carbocycles. The topological polar surface area (TPSA) is 26.0 Å². The van der Waals surface area contributed by atoms with E-state index < -0.39 is 0 Å². The van der Waals surface area contributed by atoms with Crippen molar-refractivity contribution in [3.63, 3.8) is 0 Å². The van der Waals surface area contributed by atoms with Gasteiger partial charge < -0.3 is 5.73 Å². The van der Waals surface area contributed by atoms with E-state index in [9.17, 15) is 0 Å². The molecule has 1 heteroatoms. The van der Waals surface area contributed by atoms with E-state index >= 15 is 0 Å². The third kappa shape index (κ3) is 27.1. The molecule has 1 nitrogen and oxygen atoms in total. The Hall–Kier alpha value is -0.920. The highest BCUT2D eigenvalue weighted by molar-refractivity contribution is 5.25. The van der Waals surface area contributed by atoms with E-state index in [0.29, 0.717) is 0 Å². The normalized spacial score (nSPS) is 10.3. The quantitative estimate of drug-likeness (QED) is 0.151. The zero-order valence-electron chi connectivity index (χ0n) is 19.8. The second-order valence-corrected chi connectivity index (χ2v) is 8.61. The van der Waals surface area contributed by atoms with Crippen molar-refractivity contribution in [2.24, 2.45) is 5.73 Å². The van der Waals surface area contributed by atoms with Gasteiger partial charge in [-0.05, 0) is 37.6 Å². The first kappa shape index (κ1) is 28.1. The van der Waals surface area contributed by atoms with Crippen LogP contribution >= 0.6 is 0 Å². The summed E-state index contributed by atoms with van der Waals surface area (Å²) in [6, 6.07) is 0. The molecule has 0 unspecified atom stereocenters. The zero-order valence-corrected chi connectivity index (χ0v) is 19.8. The van der Waals surface area contributed by atoms with E-state index in [4.69, 9.17) is 5.73 Å². The molecule has 0 saturated carbocycles. The SMILES string of the molecule is CCCCCCCCCCCCCCCC#CC#CCCCCCCCCCN. The summed E-state index contributed by atoms with van der Waals surface area (Å²) in [6.45, 7) is 3.13. The Morgan fingerprint density at radius 3 is 1.07 bits per heavy atom. The predicted octanol–water partition coefficient (Wildman–Crippen LogP) is 8.55. The molecule has 0 aliphatic rings. The summed E-state index contributed by atoms with van der Waals surface area (Å²) in [7, 11) is 0. The lowest BCUT2D eigenvalue weighted by atomic mass is 10.0. The van der Waals surface area contributed by atoms with Gasteiger partial charge in [0.1, 0.15) is 0 Å². The lowest BCUT2D eigenvalue weighted by Crippen LogP contribution is -1.97. The Balaban J connectivity index is 3.20. The summed E-state index contributed by atoms with van der Waals surface area (Å²) in [5, 5.41) is 0. The first-order valence-electron chi connectivity index (χ1n) is 13.1. The van der Waals surface area contributed by atoms with E-state index in [2.05, 4.69) is 30.6 Å². The smallest absolute Gasteiger partial charge is 0.00989 e. The van der Waals surface area contributed by atoms with E-state index in [1.54, 1.807) is 0 Å². The molecular formula is C28H51N. The van der Waals surface area contributed by atoms with Crippen LogP contribution in [0.5, 0.6) is 0 Å². The largest absolute Gasteiger partial charge is 0.330 e. The van der Waals surface area contributed by atoms with Crippen LogP contribution in [0.15, 0.2) is 0 Å². The molecule has 0 aromatic heterocycles. The number of hydrogen-bond acceptors (Lipinski definition) is 1. The van der Waals surface area contributed by atoms with Gasteiger partial charge in [-0.15, -0.1) is 0 Å². The van der Waals surface area contributed by atoms with Crippen LogP contribution < -0.4 is 5.73 Å². The van der Waals surface area contributed by atoms with Crippen LogP contribution in [0, 0.1) is 23.7 Å². The summed E-state index contributed by atoms with van der Waals surface area (Å²) >= 11 is 0. The summed E-state index contributed by atoms with van der Waals surface area (Å²) in [6.07, 6.45) is 29.4. The van der Waals surface area contributed by atoms with Crippen LogP contribution in [0.25, 0.3) is 0 Å². The van der Waals surface area contributed by atoms with Crippen molar-refractivity contribution in [3.05, 3.63) is 0 Å². The Labute approximate surface area is 184 Å². The minimum atomic E-state index is 0.843. The summed E-state index contributed by atoms with van der Waals surface area (Å²) in [5.74, 6) is 12.5. The predicted molar refractivity (Wildman–Crippen MR) is 132 cm³/mol. The molecule has 0 amide bonds. The number of unbranched alkanes of at least 4 members (excludes halogenated alkanes) is 20. The average Bonchev–Trinajstić information content (AvgIpc) is 2.74. The molecule has 0 fully saturated rings. The van der Waals surface area contributed by atoms with Crippen molar-refractivity contribution in [1.29, 1.82) is 0 Å². The Morgan fingerprint density at radius 2 is 0.724 bits per heavy atom.